The molecule has 0 saturated carbocycles. The van der Waals surface area contributed by atoms with Crippen LogP contribution in [0.5, 0.6) is 11.5 Å². The van der Waals surface area contributed by atoms with Crippen LogP contribution in [0.2, 0.25) is 10.0 Å². The predicted octanol–water partition coefficient (Wildman–Crippen LogP) is 4.23. The maximum Gasteiger partial charge on any atom is 0.264 e. The predicted molar refractivity (Wildman–Crippen MR) is 96.2 cm³/mol. The van der Waals surface area contributed by atoms with Crippen molar-refractivity contribution in [2.24, 2.45) is 0 Å². The van der Waals surface area contributed by atoms with Gasteiger partial charge in [-0.3, -0.25) is 4.31 Å². The molecule has 0 heterocycles. The molecule has 130 valence electrons. The van der Waals surface area contributed by atoms with Crippen LogP contribution in [0.1, 0.15) is 6.92 Å². The fraction of sp³-hybridized carbons (Fsp3) is 0.250. The third-order valence-corrected chi connectivity index (χ3v) is 6.12. The summed E-state index contributed by atoms with van der Waals surface area (Å²) in [6, 6.07) is 9.27. The lowest BCUT2D eigenvalue weighted by Crippen LogP contribution is -2.31. The Balaban J connectivity index is 2.57. The summed E-state index contributed by atoms with van der Waals surface area (Å²) in [6.45, 7) is 1.91. The van der Waals surface area contributed by atoms with Crippen molar-refractivity contribution in [3.63, 3.8) is 0 Å². The van der Waals surface area contributed by atoms with Gasteiger partial charge in [-0.1, -0.05) is 29.3 Å². The normalized spacial score (nSPS) is 11.2. The molecule has 0 atom stereocenters. The van der Waals surface area contributed by atoms with Gasteiger partial charge in [-0.05, 0) is 31.2 Å². The van der Waals surface area contributed by atoms with E-state index in [0.29, 0.717) is 17.2 Å². The molecule has 0 radical (unpaired) electrons. The first kappa shape index (κ1) is 18.7. The number of hydrogen-bond donors (Lipinski definition) is 0. The van der Waals surface area contributed by atoms with E-state index in [1.807, 2.05) is 0 Å². The lowest BCUT2D eigenvalue weighted by atomic mass is 10.3. The number of anilines is 1. The van der Waals surface area contributed by atoms with E-state index in [1.54, 1.807) is 31.2 Å². The van der Waals surface area contributed by atoms with Crippen LogP contribution in [0.15, 0.2) is 41.3 Å². The Hall–Kier alpha value is -1.63. The van der Waals surface area contributed by atoms with E-state index >= 15 is 0 Å². The van der Waals surface area contributed by atoms with Gasteiger partial charge < -0.3 is 9.47 Å². The first-order valence-electron chi connectivity index (χ1n) is 7.05. The van der Waals surface area contributed by atoms with Gasteiger partial charge in [0.05, 0.1) is 34.8 Å². The second-order valence-corrected chi connectivity index (χ2v) is 7.41. The van der Waals surface area contributed by atoms with E-state index in [2.05, 4.69) is 0 Å². The van der Waals surface area contributed by atoms with Crippen LogP contribution in [0.25, 0.3) is 0 Å². The van der Waals surface area contributed by atoms with Gasteiger partial charge in [0, 0.05) is 12.6 Å². The molecule has 2 aromatic rings. The van der Waals surface area contributed by atoms with Gasteiger partial charge >= 0.3 is 0 Å². The number of rotatable bonds is 6. The van der Waals surface area contributed by atoms with Crippen LogP contribution in [0.4, 0.5) is 5.69 Å². The van der Waals surface area contributed by atoms with E-state index in [0.717, 1.165) is 0 Å². The number of methoxy groups -OCH3 is 2. The van der Waals surface area contributed by atoms with Gasteiger partial charge in [-0.15, -0.1) is 0 Å². The fourth-order valence-corrected chi connectivity index (χ4v) is 4.21. The van der Waals surface area contributed by atoms with Crippen LogP contribution in [0, 0.1) is 0 Å². The first-order valence-corrected chi connectivity index (χ1v) is 9.25. The Bertz CT molecular complexity index is 840. The molecule has 0 aliphatic rings. The number of sulfonamides is 1. The van der Waals surface area contributed by atoms with E-state index in [4.69, 9.17) is 32.7 Å². The standard InChI is InChI=1S/C16H17Cl2NO4S/c1-4-19(13-7-5-6-12(17)16(13)18)24(20,21)11-8-9-14(22-2)15(10-11)23-3/h5-10H,4H2,1-3H3. The minimum atomic E-state index is -3.85. The Morgan fingerprint density at radius 1 is 1.04 bits per heavy atom. The molecule has 0 amide bonds. The summed E-state index contributed by atoms with van der Waals surface area (Å²) < 4.78 is 37.6. The number of nitrogens with zero attached hydrogens (tertiary/aromatic N) is 1. The molecule has 0 aromatic heterocycles. The lowest BCUT2D eigenvalue weighted by Gasteiger charge is -2.24. The summed E-state index contributed by atoms with van der Waals surface area (Å²) in [6.07, 6.45) is 0. The molecule has 8 heteroatoms. The molecule has 5 nitrogen and oxygen atoms in total. The minimum absolute atomic E-state index is 0.0676. The molecule has 24 heavy (non-hydrogen) atoms. The molecule has 0 aliphatic heterocycles. The highest BCUT2D eigenvalue weighted by molar-refractivity contribution is 7.92. The molecule has 2 aromatic carbocycles. The smallest absolute Gasteiger partial charge is 0.264 e. The van der Waals surface area contributed by atoms with E-state index in [1.165, 1.54) is 30.7 Å². The van der Waals surface area contributed by atoms with Crippen molar-refractivity contribution in [3.8, 4) is 11.5 Å². The number of ether oxygens (including phenoxy) is 2. The molecule has 0 spiro atoms. The number of benzene rings is 2. The summed E-state index contributed by atoms with van der Waals surface area (Å²) >= 11 is 12.2. The summed E-state index contributed by atoms with van der Waals surface area (Å²) in [7, 11) is -0.920. The molecule has 0 saturated heterocycles. The van der Waals surface area contributed by atoms with Gasteiger partial charge in [-0.2, -0.15) is 0 Å². The van der Waals surface area contributed by atoms with Crippen molar-refractivity contribution in [1.82, 2.24) is 0 Å². The van der Waals surface area contributed by atoms with Crippen molar-refractivity contribution >= 4 is 38.9 Å². The fourth-order valence-electron chi connectivity index (χ4n) is 2.26. The Morgan fingerprint density at radius 2 is 1.71 bits per heavy atom. The van der Waals surface area contributed by atoms with Crippen molar-refractivity contribution in [3.05, 3.63) is 46.4 Å². The molecule has 0 unspecified atom stereocenters. The molecule has 0 aliphatic carbocycles. The minimum Gasteiger partial charge on any atom is -0.493 e. The second kappa shape index (κ2) is 7.51. The first-order chi connectivity index (χ1) is 11.4. The van der Waals surface area contributed by atoms with Crippen LogP contribution < -0.4 is 13.8 Å². The summed E-state index contributed by atoms with van der Waals surface area (Å²) in [5, 5.41) is 0.472. The second-order valence-electron chi connectivity index (χ2n) is 4.76. The average molecular weight is 390 g/mol. The zero-order valence-corrected chi connectivity index (χ0v) is 15.7. The van der Waals surface area contributed by atoms with Gasteiger partial charge in [0.15, 0.2) is 11.5 Å². The molecule has 2 rings (SSSR count). The highest BCUT2D eigenvalue weighted by Gasteiger charge is 2.27. The van der Waals surface area contributed by atoms with Crippen LogP contribution in [-0.2, 0) is 10.0 Å². The van der Waals surface area contributed by atoms with Crippen molar-refractivity contribution in [2.45, 2.75) is 11.8 Å². The van der Waals surface area contributed by atoms with Gasteiger partial charge in [0.1, 0.15) is 0 Å². The average Bonchev–Trinajstić information content (AvgIpc) is 2.58. The largest absolute Gasteiger partial charge is 0.493 e. The van der Waals surface area contributed by atoms with E-state index in [9.17, 15) is 8.42 Å². The molecular weight excluding hydrogens is 373 g/mol. The maximum atomic E-state index is 13.0. The Labute approximate surface area is 151 Å². The van der Waals surface area contributed by atoms with E-state index < -0.39 is 10.0 Å². The third kappa shape index (κ3) is 3.41. The highest BCUT2D eigenvalue weighted by atomic mass is 35.5. The lowest BCUT2D eigenvalue weighted by molar-refractivity contribution is 0.354. The van der Waals surface area contributed by atoms with Crippen LogP contribution >= 0.6 is 23.2 Å². The molecular formula is C16H17Cl2NO4S. The number of hydrogen-bond acceptors (Lipinski definition) is 4. The van der Waals surface area contributed by atoms with Crippen LogP contribution in [0.3, 0.4) is 0 Å². The van der Waals surface area contributed by atoms with Crippen molar-refractivity contribution in [2.75, 3.05) is 25.1 Å². The molecule has 0 N–H and O–H groups in total. The van der Waals surface area contributed by atoms with Crippen LogP contribution in [-0.4, -0.2) is 29.2 Å². The monoisotopic (exact) mass is 389 g/mol. The van der Waals surface area contributed by atoms with Crippen molar-refractivity contribution < 1.29 is 17.9 Å². The molecule has 0 bridgehead atoms. The number of halogens is 2. The Kier molecular flexibility index (Phi) is 5.85. The zero-order chi connectivity index (χ0) is 17.9. The zero-order valence-electron chi connectivity index (χ0n) is 13.4. The Morgan fingerprint density at radius 3 is 2.29 bits per heavy atom. The van der Waals surface area contributed by atoms with Gasteiger partial charge in [-0.25, -0.2) is 8.42 Å². The quantitative estimate of drug-likeness (QED) is 0.741. The van der Waals surface area contributed by atoms with E-state index in [-0.39, 0.29) is 21.5 Å². The molecule has 0 fully saturated rings. The highest BCUT2D eigenvalue weighted by Crippen LogP contribution is 2.37. The van der Waals surface area contributed by atoms with Gasteiger partial charge in [0.25, 0.3) is 10.0 Å². The summed E-state index contributed by atoms with van der Waals surface area (Å²) in [4.78, 5) is 0.0676. The third-order valence-electron chi connectivity index (χ3n) is 3.43. The summed E-state index contributed by atoms with van der Waals surface area (Å²) in [5.74, 6) is 0.770. The summed E-state index contributed by atoms with van der Waals surface area (Å²) in [5.41, 5.74) is 0.321. The van der Waals surface area contributed by atoms with Crippen molar-refractivity contribution in [1.29, 1.82) is 0 Å². The SMILES string of the molecule is CCN(c1cccc(Cl)c1Cl)S(=O)(=O)c1ccc(OC)c(OC)c1. The van der Waals surface area contributed by atoms with Gasteiger partial charge in [0.2, 0.25) is 0 Å². The topological polar surface area (TPSA) is 55.8 Å². The maximum absolute atomic E-state index is 13.0.